The summed E-state index contributed by atoms with van der Waals surface area (Å²) in [6.45, 7) is 2.14. The molecule has 4 rings (SSSR count). The molecule has 0 aromatic heterocycles. The van der Waals surface area contributed by atoms with Gasteiger partial charge in [-0.05, 0) is 54.2 Å². The molecule has 29 heavy (non-hydrogen) atoms. The molecule has 2 aromatic carbocycles. The number of fused-ring (bicyclic) bond motifs is 1. The number of anilines is 2. The van der Waals surface area contributed by atoms with Gasteiger partial charge >= 0.3 is 6.18 Å². The average Bonchev–Trinajstić information content (AvgIpc) is 3.15. The smallest absolute Gasteiger partial charge is 0.378 e. The van der Waals surface area contributed by atoms with E-state index in [2.05, 4.69) is 5.32 Å². The Morgan fingerprint density at radius 1 is 1.03 bits per heavy atom. The van der Waals surface area contributed by atoms with Gasteiger partial charge in [-0.15, -0.1) is 0 Å². The largest absolute Gasteiger partial charge is 0.416 e. The minimum atomic E-state index is -4.47. The van der Waals surface area contributed by atoms with Crippen LogP contribution in [0.15, 0.2) is 36.4 Å². The normalized spacial score (nSPS) is 16.6. The van der Waals surface area contributed by atoms with E-state index in [1.165, 1.54) is 17.2 Å². The van der Waals surface area contributed by atoms with Crippen molar-refractivity contribution in [3.8, 4) is 0 Å². The molecule has 0 atom stereocenters. The highest BCUT2D eigenvalue weighted by atomic mass is 19.4. The number of carbonyl (C=O) groups excluding carboxylic acids is 1. The highest BCUT2D eigenvalue weighted by Gasteiger charge is 2.32. The maximum atomic E-state index is 13.2. The molecular formula is C22H23F3N2O2. The van der Waals surface area contributed by atoms with E-state index in [0.717, 1.165) is 37.0 Å². The van der Waals surface area contributed by atoms with Crippen LogP contribution in [-0.4, -0.2) is 32.2 Å². The van der Waals surface area contributed by atoms with Crippen molar-refractivity contribution in [3.05, 3.63) is 58.7 Å². The lowest BCUT2D eigenvalue weighted by molar-refractivity contribution is -0.137. The first-order valence-corrected chi connectivity index (χ1v) is 9.84. The summed E-state index contributed by atoms with van der Waals surface area (Å²) in [4.78, 5) is 14.6. The van der Waals surface area contributed by atoms with Crippen LogP contribution in [0.4, 0.5) is 24.5 Å². The number of nitrogens with zero attached hydrogens (tertiary/aromatic N) is 1. The third-order valence-corrected chi connectivity index (χ3v) is 5.48. The highest BCUT2D eigenvalue weighted by molar-refractivity contribution is 5.95. The van der Waals surface area contributed by atoms with Gasteiger partial charge in [0.05, 0.1) is 36.6 Å². The van der Waals surface area contributed by atoms with Gasteiger partial charge < -0.3 is 15.0 Å². The lowest BCUT2D eigenvalue weighted by Crippen LogP contribution is -2.37. The van der Waals surface area contributed by atoms with Gasteiger partial charge in [-0.25, -0.2) is 0 Å². The molecule has 2 aromatic rings. The molecule has 0 bridgehead atoms. The molecule has 7 heteroatoms. The fraction of sp³-hybridized carbons (Fsp3) is 0.409. The van der Waals surface area contributed by atoms with E-state index in [9.17, 15) is 18.0 Å². The Hall–Kier alpha value is -2.54. The number of amides is 1. The summed E-state index contributed by atoms with van der Waals surface area (Å²) in [5.74, 6) is -0.322. The molecular weight excluding hydrogens is 381 g/mol. The Morgan fingerprint density at radius 2 is 1.79 bits per heavy atom. The van der Waals surface area contributed by atoms with Gasteiger partial charge in [0.15, 0.2) is 0 Å². The molecule has 0 radical (unpaired) electrons. The third kappa shape index (κ3) is 4.56. The van der Waals surface area contributed by atoms with Crippen molar-refractivity contribution in [2.24, 2.45) is 0 Å². The zero-order valence-corrected chi connectivity index (χ0v) is 16.0. The predicted octanol–water partition coefficient (Wildman–Crippen LogP) is 4.21. The summed E-state index contributed by atoms with van der Waals surface area (Å²) in [5.41, 5.74) is 3.46. The number of alkyl halides is 3. The van der Waals surface area contributed by atoms with Crippen LogP contribution in [0.1, 0.15) is 28.7 Å². The molecule has 1 aliphatic heterocycles. The second kappa shape index (κ2) is 8.06. The first-order chi connectivity index (χ1) is 13.9. The Labute approximate surface area is 167 Å². The predicted molar refractivity (Wildman–Crippen MR) is 105 cm³/mol. The van der Waals surface area contributed by atoms with E-state index in [-0.39, 0.29) is 18.0 Å². The van der Waals surface area contributed by atoms with Gasteiger partial charge in [0.1, 0.15) is 0 Å². The average molecular weight is 404 g/mol. The number of aryl methyl sites for hydroxylation is 2. The van der Waals surface area contributed by atoms with Gasteiger partial charge in [-0.1, -0.05) is 18.2 Å². The number of hydrogen-bond acceptors (Lipinski definition) is 3. The number of morpholine rings is 1. The topological polar surface area (TPSA) is 41.6 Å². The number of nitrogens with one attached hydrogen (secondary N) is 1. The van der Waals surface area contributed by atoms with Crippen LogP contribution < -0.4 is 10.2 Å². The van der Waals surface area contributed by atoms with Crippen molar-refractivity contribution in [1.82, 2.24) is 0 Å². The molecule has 4 nitrogen and oxygen atoms in total. The van der Waals surface area contributed by atoms with Crippen molar-refractivity contribution in [1.29, 1.82) is 0 Å². The summed E-state index contributed by atoms with van der Waals surface area (Å²) in [6.07, 6.45) is -1.14. The summed E-state index contributed by atoms with van der Waals surface area (Å²) in [6, 6.07) is 9.52. The summed E-state index contributed by atoms with van der Waals surface area (Å²) >= 11 is 0. The molecule has 1 N–H and O–H groups in total. The fourth-order valence-electron chi connectivity index (χ4n) is 4.01. The molecule has 1 fully saturated rings. The Bertz CT molecular complexity index is 905. The zero-order chi connectivity index (χ0) is 20.4. The molecule has 1 aliphatic carbocycles. The SMILES string of the molecule is O=C(Cc1ccc2c(c1)CCC2)Nc1cc(C(F)(F)F)ccc1N1CCOCC1. The van der Waals surface area contributed by atoms with E-state index in [1.54, 1.807) is 0 Å². The van der Waals surface area contributed by atoms with E-state index in [4.69, 9.17) is 4.74 Å². The minimum Gasteiger partial charge on any atom is -0.378 e. The first-order valence-electron chi connectivity index (χ1n) is 9.84. The molecule has 154 valence electrons. The van der Waals surface area contributed by atoms with Crippen molar-refractivity contribution in [3.63, 3.8) is 0 Å². The quantitative estimate of drug-likeness (QED) is 0.830. The minimum absolute atomic E-state index is 0.131. The van der Waals surface area contributed by atoms with E-state index < -0.39 is 11.7 Å². The van der Waals surface area contributed by atoms with Crippen molar-refractivity contribution in [2.75, 3.05) is 36.5 Å². The number of carbonyl (C=O) groups is 1. The number of benzene rings is 2. The van der Waals surface area contributed by atoms with Gasteiger partial charge in [0, 0.05) is 13.1 Å². The summed E-state index contributed by atoms with van der Waals surface area (Å²) in [7, 11) is 0. The number of hydrogen-bond donors (Lipinski definition) is 1. The lowest BCUT2D eigenvalue weighted by atomic mass is 10.0. The Morgan fingerprint density at radius 3 is 2.55 bits per heavy atom. The van der Waals surface area contributed by atoms with Crippen LogP contribution in [0.25, 0.3) is 0 Å². The van der Waals surface area contributed by atoms with Crippen molar-refractivity contribution in [2.45, 2.75) is 31.9 Å². The number of halogens is 3. The highest BCUT2D eigenvalue weighted by Crippen LogP contribution is 2.36. The zero-order valence-electron chi connectivity index (χ0n) is 16.0. The van der Waals surface area contributed by atoms with E-state index in [1.807, 2.05) is 23.1 Å². The maximum Gasteiger partial charge on any atom is 0.416 e. The molecule has 0 unspecified atom stereocenters. The second-order valence-electron chi connectivity index (χ2n) is 7.51. The van der Waals surface area contributed by atoms with E-state index >= 15 is 0 Å². The Kier molecular flexibility index (Phi) is 5.50. The van der Waals surface area contributed by atoms with Gasteiger partial charge in [0.25, 0.3) is 0 Å². The molecule has 1 saturated heterocycles. The summed E-state index contributed by atoms with van der Waals surface area (Å²) < 4.78 is 44.9. The third-order valence-electron chi connectivity index (χ3n) is 5.48. The lowest BCUT2D eigenvalue weighted by Gasteiger charge is -2.31. The fourth-order valence-corrected chi connectivity index (χ4v) is 4.01. The van der Waals surface area contributed by atoms with Gasteiger partial charge in [0.2, 0.25) is 5.91 Å². The van der Waals surface area contributed by atoms with Crippen LogP contribution >= 0.6 is 0 Å². The van der Waals surface area contributed by atoms with Crippen LogP contribution in [-0.2, 0) is 35.0 Å². The van der Waals surface area contributed by atoms with Gasteiger partial charge in [-0.2, -0.15) is 13.2 Å². The van der Waals surface area contributed by atoms with Crippen LogP contribution in [0.2, 0.25) is 0 Å². The van der Waals surface area contributed by atoms with Crippen LogP contribution in [0.5, 0.6) is 0 Å². The first kappa shape index (κ1) is 19.8. The number of ether oxygens (including phenoxy) is 1. The van der Waals surface area contributed by atoms with E-state index in [0.29, 0.717) is 32.0 Å². The molecule has 1 heterocycles. The molecule has 1 amide bonds. The molecule has 0 saturated carbocycles. The van der Waals surface area contributed by atoms with Crippen LogP contribution in [0.3, 0.4) is 0 Å². The van der Waals surface area contributed by atoms with Gasteiger partial charge in [-0.3, -0.25) is 4.79 Å². The number of rotatable bonds is 4. The van der Waals surface area contributed by atoms with Crippen LogP contribution in [0, 0.1) is 0 Å². The standard InChI is InChI=1S/C22H23F3N2O2/c23-22(24,25)18-6-7-20(27-8-10-29-11-9-27)19(14-18)26-21(28)13-15-4-5-16-2-1-3-17(16)12-15/h4-7,12,14H,1-3,8-11,13H2,(H,26,28). The second-order valence-corrected chi connectivity index (χ2v) is 7.51. The molecule has 2 aliphatic rings. The molecule has 0 spiro atoms. The maximum absolute atomic E-state index is 13.2. The van der Waals surface area contributed by atoms with Crippen molar-refractivity contribution >= 4 is 17.3 Å². The Balaban J connectivity index is 1.55. The summed E-state index contributed by atoms with van der Waals surface area (Å²) in [5, 5.41) is 2.72. The van der Waals surface area contributed by atoms with Crippen molar-refractivity contribution < 1.29 is 22.7 Å². The monoisotopic (exact) mass is 404 g/mol.